The molecular formula is C13H18BrNO2. The van der Waals surface area contributed by atoms with Gasteiger partial charge in [0, 0.05) is 29.1 Å². The molecule has 2 heterocycles. The Balaban J connectivity index is 2.04. The lowest BCUT2D eigenvalue weighted by Crippen LogP contribution is -2.36. The third-order valence-electron chi connectivity index (χ3n) is 2.93. The molecule has 0 spiro atoms. The molecule has 1 saturated heterocycles. The van der Waals surface area contributed by atoms with Crippen LogP contribution in [0.2, 0.25) is 0 Å². The highest BCUT2D eigenvalue weighted by Gasteiger charge is 2.26. The van der Waals surface area contributed by atoms with Crippen molar-refractivity contribution in [1.29, 1.82) is 0 Å². The number of halogens is 1. The predicted molar refractivity (Wildman–Crippen MR) is 70.3 cm³/mol. The summed E-state index contributed by atoms with van der Waals surface area (Å²) in [5, 5.41) is 0. The van der Waals surface area contributed by atoms with Crippen LogP contribution in [0, 0.1) is 6.92 Å². The van der Waals surface area contributed by atoms with Gasteiger partial charge in [-0.2, -0.15) is 0 Å². The fourth-order valence-corrected chi connectivity index (χ4v) is 2.70. The van der Waals surface area contributed by atoms with E-state index in [-0.39, 0.29) is 18.3 Å². The molecule has 2 rings (SSSR count). The van der Waals surface area contributed by atoms with Crippen LogP contribution in [0.1, 0.15) is 32.3 Å². The zero-order chi connectivity index (χ0) is 12.4. The Morgan fingerprint density at radius 3 is 2.59 bits per heavy atom. The van der Waals surface area contributed by atoms with Gasteiger partial charge < -0.3 is 9.47 Å². The Morgan fingerprint density at radius 2 is 2.00 bits per heavy atom. The van der Waals surface area contributed by atoms with Gasteiger partial charge in [0.1, 0.15) is 6.10 Å². The zero-order valence-corrected chi connectivity index (χ0v) is 12.0. The van der Waals surface area contributed by atoms with Gasteiger partial charge in [0.2, 0.25) is 5.88 Å². The van der Waals surface area contributed by atoms with Crippen LogP contribution in [0.3, 0.4) is 0 Å². The van der Waals surface area contributed by atoms with E-state index in [0.29, 0.717) is 0 Å². The van der Waals surface area contributed by atoms with E-state index in [1.54, 1.807) is 6.20 Å². The molecule has 94 valence electrons. The van der Waals surface area contributed by atoms with Crippen LogP contribution < -0.4 is 4.74 Å². The number of aryl methyl sites for hydroxylation is 1. The molecule has 1 aromatic rings. The maximum atomic E-state index is 5.97. The standard InChI is InChI=1S/C13H18BrNO2/c1-8-4-11(14)7-15-13(8)17-12-5-9(2)16-10(3)6-12/h4,7,9-10,12H,5-6H2,1-3H3. The van der Waals surface area contributed by atoms with Crippen LogP contribution >= 0.6 is 15.9 Å². The lowest BCUT2D eigenvalue weighted by molar-refractivity contribution is -0.0731. The first-order chi connectivity index (χ1) is 8.04. The summed E-state index contributed by atoms with van der Waals surface area (Å²) in [6, 6.07) is 2.02. The van der Waals surface area contributed by atoms with E-state index < -0.39 is 0 Å². The smallest absolute Gasteiger partial charge is 0.216 e. The van der Waals surface area contributed by atoms with E-state index in [0.717, 1.165) is 28.8 Å². The maximum absolute atomic E-state index is 5.97. The van der Waals surface area contributed by atoms with E-state index in [4.69, 9.17) is 9.47 Å². The topological polar surface area (TPSA) is 31.4 Å². The number of nitrogens with zero attached hydrogens (tertiary/aromatic N) is 1. The zero-order valence-electron chi connectivity index (χ0n) is 10.4. The third kappa shape index (κ3) is 3.42. The van der Waals surface area contributed by atoms with Crippen molar-refractivity contribution >= 4 is 15.9 Å². The molecule has 0 bridgehead atoms. The van der Waals surface area contributed by atoms with Gasteiger partial charge in [-0.3, -0.25) is 0 Å². The molecule has 2 unspecified atom stereocenters. The van der Waals surface area contributed by atoms with Crippen molar-refractivity contribution in [2.45, 2.75) is 51.9 Å². The quantitative estimate of drug-likeness (QED) is 0.838. The summed E-state index contributed by atoms with van der Waals surface area (Å²) in [6.07, 6.45) is 4.37. The van der Waals surface area contributed by atoms with Crippen LogP contribution in [0.25, 0.3) is 0 Å². The van der Waals surface area contributed by atoms with Crippen molar-refractivity contribution in [3.05, 3.63) is 22.3 Å². The van der Waals surface area contributed by atoms with Gasteiger partial charge in [-0.25, -0.2) is 4.98 Å². The van der Waals surface area contributed by atoms with Gasteiger partial charge in [0.25, 0.3) is 0 Å². The summed E-state index contributed by atoms with van der Waals surface area (Å²) in [5.74, 6) is 0.736. The Kier molecular flexibility index (Phi) is 4.05. The van der Waals surface area contributed by atoms with Gasteiger partial charge in [-0.05, 0) is 42.8 Å². The third-order valence-corrected chi connectivity index (χ3v) is 3.36. The second-order valence-electron chi connectivity index (χ2n) is 4.74. The molecule has 1 fully saturated rings. The highest BCUT2D eigenvalue weighted by atomic mass is 79.9. The van der Waals surface area contributed by atoms with Crippen molar-refractivity contribution in [2.24, 2.45) is 0 Å². The van der Waals surface area contributed by atoms with Crippen LogP contribution in [0.4, 0.5) is 0 Å². The van der Waals surface area contributed by atoms with E-state index in [1.807, 2.05) is 13.0 Å². The molecule has 4 heteroatoms. The van der Waals surface area contributed by atoms with Crippen LogP contribution in [0.5, 0.6) is 5.88 Å². The van der Waals surface area contributed by atoms with E-state index in [2.05, 4.69) is 34.8 Å². The van der Waals surface area contributed by atoms with Crippen LogP contribution in [-0.4, -0.2) is 23.3 Å². The lowest BCUT2D eigenvalue weighted by Gasteiger charge is -2.32. The lowest BCUT2D eigenvalue weighted by atomic mass is 10.0. The Labute approximate surface area is 111 Å². The predicted octanol–water partition coefficient (Wildman–Crippen LogP) is 3.49. The summed E-state index contributed by atoms with van der Waals surface area (Å²) in [6.45, 7) is 6.20. The van der Waals surface area contributed by atoms with E-state index in [1.165, 1.54) is 0 Å². The molecule has 1 aromatic heterocycles. The first kappa shape index (κ1) is 12.8. The second kappa shape index (κ2) is 5.36. The summed E-state index contributed by atoms with van der Waals surface area (Å²) in [4.78, 5) is 4.31. The fourth-order valence-electron chi connectivity index (χ4n) is 2.25. The number of ether oxygens (including phenoxy) is 2. The van der Waals surface area contributed by atoms with Crippen molar-refractivity contribution in [3.63, 3.8) is 0 Å². The Bertz CT molecular complexity index is 387. The van der Waals surface area contributed by atoms with Crippen molar-refractivity contribution in [2.75, 3.05) is 0 Å². The average Bonchev–Trinajstić information content (AvgIpc) is 2.21. The van der Waals surface area contributed by atoms with Gasteiger partial charge in [-0.1, -0.05) is 0 Å². The van der Waals surface area contributed by atoms with Crippen molar-refractivity contribution in [3.8, 4) is 5.88 Å². The summed E-state index contributed by atoms with van der Waals surface area (Å²) in [7, 11) is 0. The summed E-state index contributed by atoms with van der Waals surface area (Å²) in [5.41, 5.74) is 1.06. The van der Waals surface area contributed by atoms with Crippen molar-refractivity contribution in [1.82, 2.24) is 4.98 Å². The van der Waals surface area contributed by atoms with Crippen LogP contribution in [-0.2, 0) is 4.74 Å². The highest BCUT2D eigenvalue weighted by Crippen LogP contribution is 2.26. The number of hydrogen-bond acceptors (Lipinski definition) is 3. The average molecular weight is 300 g/mol. The molecule has 0 amide bonds. The molecule has 0 aliphatic carbocycles. The maximum Gasteiger partial charge on any atom is 0.216 e. The van der Waals surface area contributed by atoms with Gasteiger partial charge in [0.05, 0.1) is 12.2 Å². The van der Waals surface area contributed by atoms with Crippen LogP contribution in [0.15, 0.2) is 16.7 Å². The second-order valence-corrected chi connectivity index (χ2v) is 5.66. The molecule has 17 heavy (non-hydrogen) atoms. The number of pyridine rings is 1. The molecule has 0 aromatic carbocycles. The summed E-state index contributed by atoms with van der Waals surface area (Å²) < 4.78 is 12.6. The minimum absolute atomic E-state index is 0.209. The van der Waals surface area contributed by atoms with E-state index >= 15 is 0 Å². The number of rotatable bonds is 2. The molecule has 1 aliphatic heterocycles. The molecular weight excluding hydrogens is 282 g/mol. The molecule has 2 atom stereocenters. The Morgan fingerprint density at radius 1 is 1.35 bits per heavy atom. The number of aromatic nitrogens is 1. The monoisotopic (exact) mass is 299 g/mol. The number of hydrogen-bond donors (Lipinski definition) is 0. The molecule has 1 aliphatic rings. The SMILES string of the molecule is Cc1cc(Br)cnc1OC1CC(C)OC(C)C1. The Hall–Kier alpha value is -0.610. The fraction of sp³-hybridized carbons (Fsp3) is 0.615. The van der Waals surface area contributed by atoms with Gasteiger partial charge >= 0.3 is 0 Å². The molecule has 0 N–H and O–H groups in total. The summed E-state index contributed by atoms with van der Waals surface area (Å²) >= 11 is 3.40. The minimum atomic E-state index is 0.209. The largest absolute Gasteiger partial charge is 0.474 e. The first-order valence-electron chi connectivity index (χ1n) is 5.99. The first-order valence-corrected chi connectivity index (χ1v) is 6.78. The molecule has 0 saturated carbocycles. The van der Waals surface area contributed by atoms with E-state index in [9.17, 15) is 0 Å². The minimum Gasteiger partial charge on any atom is -0.474 e. The molecule has 3 nitrogen and oxygen atoms in total. The molecule has 0 radical (unpaired) electrons. The van der Waals surface area contributed by atoms with Crippen molar-refractivity contribution < 1.29 is 9.47 Å². The normalized spacial score (nSPS) is 29.1. The highest BCUT2D eigenvalue weighted by molar-refractivity contribution is 9.10. The van der Waals surface area contributed by atoms with Gasteiger partial charge in [-0.15, -0.1) is 0 Å². The van der Waals surface area contributed by atoms with Gasteiger partial charge in [0.15, 0.2) is 0 Å².